The molecule has 0 bridgehead atoms. The molecule has 9 nitrogen and oxygen atoms in total. The number of rotatable bonds is 9. The Kier molecular flexibility index (Phi) is 8.43. The summed E-state index contributed by atoms with van der Waals surface area (Å²) in [6.07, 6.45) is 0. The van der Waals surface area contributed by atoms with Crippen LogP contribution in [0.3, 0.4) is 0 Å². The second kappa shape index (κ2) is 10.8. The van der Waals surface area contributed by atoms with Gasteiger partial charge in [0.25, 0.3) is 5.91 Å². The van der Waals surface area contributed by atoms with E-state index in [1.54, 1.807) is 18.2 Å². The SMILES string of the molecule is COC(=O)c1cccc(CSc2nsc(NC(=O)NCCN(C)C)c2C(N)=O)c1. The third-order valence-electron chi connectivity index (χ3n) is 3.70. The summed E-state index contributed by atoms with van der Waals surface area (Å²) in [6, 6.07) is 6.55. The largest absolute Gasteiger partial charge is 0.465 e. The maximum absolute atomic E-state index is 12.0. The number of methoxy groups -OCH3 is 1. The van der Waals surface area contributed by atoms with Crippen LogP contribution in [0.15, 0.2) is 29.3 Å². The summed E-state index contributed by atoms with van der Waals surface area (Å²) in [5.74, 6) is -0.633. The predicted octanol–water partition coefficient (Wildman–Crippen LogP) is 2.00. The number of ether oxygens (including phenoxy) is 1. The number of nitrogens with zero attached hydrogens (tertiary/aromatic N) is 2. The molecule has 156 valence electrons. The standard InChI is InChI=1S/C18H23N5O4S2/c1-23(2)8-7-20-18(26)21-15-13(14(19)24)16(22-29-15)28-10-11-5-4-6-12(9-11)17(25)27-3/h4-6,9H,7-8,10H2,1-3H3,(H2,19,24)(H2,20,21,26). The van der Waals surface area contributed by atoms with Crippen LogP contribution in [-0.4, -0.2) is 61.5 Å². The van der Waals surface area contributed by atoms with Crippen molar-refractivity contribution in [1.29, 1.82) is 0 Å². The first-order valence-corrected chi connectivity index (χ1v) is 10.4. The van der Waals surface area contributed by atoms with E-state index in [1.807, 2.05) is 25.1 Å². The highest BCUT2D eigenvalue weighted by atomic mass is 32.2. The number of nitrogens with one attached hydrogen (secondary N) is 2. The minimum atomic E-state index is -0.673. The van der Waals surface area contributed by atoms with Crippen molar-refractivity contribution in [3.8, 4) is 0 Å². The summed E-state index contributed by atoms with van der Waals surface area (Å²) in [5.41, 5.74) is 6.97. The number of anilines is 1. The lowest BCUT2D eigenvalue weighted by Gasteiger charge is -2.11. The van der Waals surface area contributed by atoms with Gasteiger partial charge in [-0.05, 0) is 43.3 Å². The first-order valence-electron chi connectivity index (χ1n) is 8.61. The maximum atomic E-state index is 12.0. The van der Waals surface area contributed by atoms with Gasteiger partial charge in [-0.1, -0.05) is 23.9 Å². The summed E-state index contributed by atoms with van der Waals surface area (Å²) in [4.78, 5) is 37.5. The minimum Gasteiger partial charge on any atom is -0.465 e. The number of likely N-dealkylation sites (N-methyl/N-ethyl adjacent to an activating group) is 1. The fraction of sp³-hybridized carbons (Fsp3) is 0.333. The van der Waals surface area contributed by atoms with E-state index in [9.17, 15) is 14.4 Å². The lowest BCUT2D eigenvalue weighted by atomic mass is 10.1. The molecular formula is C18H23N5O4S2. The zero-order chi connectivity index (χ0) is 21.4. The Balaban J connectivity index is 2.06. The smallest absolute Gasteiger partial charge is 0.337 e. The monoisotopic (exact) mass is 437 g/mol. The Hall–Kier alpha value is -2.63. The van der Waals surface area contributed by atoms with E-state index < -0.39 is 17.9 Å². The van der Waals surface area contributed by atoms with Crippen molar-refractivity contribution in [1.82, 2.24) is 14.6 Å². The lowest BCUT2D eigenvalue weighted by Crippen LogP contribution is -2.34. The number of amides is 3. The molecule has 0 spiro atoms. The number of nitrogens with two attached hydrogens (primary N) is 1. The van der Waals surface area contributed by atoms with E-state index in [0.29, 0.717) is 34.4 Å². The molecule has 3 amide bonds. The first-order chi connectivity index (χ1) is 13.8. The van der Waals surface area contributed by atoms with E-state index in [2.05, 4.69) is 15.0 Å². The summed E-state index contributed by atoms with van der Waals surface area (Å²) >= 11 is 2.29. The van der Waals surface area contributed by atoms with E-state index >= 15 is 0 Å². The van der Waals surface area contributed by atoms with E-state index in [4.69, 9.17) is 10.5 Å². The molecule has 2 aromatic rings. The molecule has 11 heteroatoms. The molecule has 0 fully saturated rings. The van der Waals surface area contributed by atoms with Crippen LogP contribution in [0.5, 0.6) is 0 Å². The fourth-order valence-corrected chi connectivity index (χ4v) is 4.18. The molecule has 0 atom stereocenters. The van der Waals surface area contributed by atoms with Gasteiger partial charge in [0, 0.05) is 18.8 Å². The number of esters is 1. The van der Waals surface area contributed by atoms with Gasteiger partial charge in [-0.25, -0.2) is 9.59 Å². The van der Waals surface area contributed by atoms with E-state index in [-0.39, 0.29) is 5.56 Å². The number of hydrogen-bond donors (Lipinski definition) is 3. The summed E-state index contributed by atoms with van der Waals surface area (Å²) in [7, 11) is 5.13. The molecule has 0 aliphatic heterocycles. The Morgan fingerprint density at radius 2 is 2.07 bits per heavy atom. The molecule has 29 heavy (non-hydrogen) atoms. The molecule has 2 rings (SSSR count). The Bertz CT molecular complexity index is 885. The van der Waals surface area contributed by atoms with Crippen molar-refractivity contribution >= 4 is 46.2 Å². The van der Waals surface area contributed by atoms with Gasteiger partial charge in [0.15, 0.2) is 0 Å². The van der Waals surface area contributed by atoms with Crippen molar-refractivity contribution in [3.05, 3.63) is 41.0 Å². The third-order valence-corrected chi connectivity index (χ3v) is 5.63. The van der Waals surface area contributed by atoms with Gasteiger partial charge in [-0.15, -0.1) is 0 Å². The first kappa shape index (κ1) is 22.7. The molecule has 1 aromatic carbocycles. The van der Waals surface area contributed by atoms with Crippen LogP contribution in [0, 0.1) is 0 Å². The molecule has 4 N–H and O–H groups in total. The molecule has 0 aliphatic rings. The second-order valence-electron chi connectivity index (χ2n) is 6.22. The van der Waals surface area contributed by atoms with Gasteiger partial charge >= 0.3 is 12.0 Å². The zero-order valence-electron chi connectivity index (χ0n) is 16.4. The molecule has 0 radical (unpaired) electrons. The summed E-state index contributed by atoms with van der Waals surface area (Å²) < 4.78 is 8.97. The molecular weight excluding hydrogens is 414 g/mol. The fourth-order valence-electron chi connectivity index (χ4n) is 2.27. The minimum absolute atomic E-state index is 0.173. The number of urea groups is 1. The van der Waals surface area contributed by atoms with Crippen LogP contribution in [0.2, 0.25) is 0 Å². The lowest BCUT2D eigenvalue weighted by molar-refractivity contribution is 0.0600. The van der Waals surface area contributed by atoms with Crippen molar-refractivity contribution < 1.29 is 19.1 Å². The quantitative estimate of drug-likeness (QED) is 0.404. The van der Waals surface area contributed by atoms with Crippen molar-refractivity contribution in [3.63, 3.8) is 0 Å². The average molecular weight is 438 g/mol. The van der Waals surface area contributed by atoms with Crippen LogP contribution in [-0.2, 0) is 10.5 Å². The number of primary amides is 1. The van der Waals surface area contributed by atoms with Crippen LogP contribution in [0.25, 0.3) is 0 Å². The van der Waals surface area contributed by atoms with E-state index in [0.717, 1.165) is 17.1 Å². The number of aromatic nitrogens is 1. The second-order valence-corrected chi connectivity index (χ2v) is 7.96. The van der Waals surface area contributed by atoms with Gasteiger partial charge < -0.3 is 20.7 Å². The van der Waals surface area contributed by atoms with Gasteiger partial charge in [0.2, 0.25) is 0 Å². The molecule has 1 aromatic heterocycles. The maximum Gasteiger partial charge on any atom is 0.337 e. The number of hydrogen-bond acceptors (Lipinski definition) is 8. The van der Waals surface area contributed by atoms with Gasteiger partial charge in [0.1, 0.15) is 15.6 Å². The molecule has 1 heterocycles. The predicted molar refractivity (Wildman–Crippen MR) is 114 cm³/mol. The Labute approximate surface area is 177 Å². The van der Waals surface area contributed by atoms with Crippen LogP contribution in [0.4, 0.5) is 9.80 Å². The van der Waals surface area contributed by atoms with Crippen LogP contribution >= 0.6 is 23.3 Å². The van der Waals surface area contributed by atoms with E-state index in [1.165, 1.54) is 18.9 Å². The molecule has 0 aliphatic carbocycles. The van der Waals surface area contributed by atoms with Gasteiger partial charge in [0.05, 0.1) is 12.7 Å². The van der Waals surface area contributed by atoms with Gasteiger partial charge in [-0.3, -0.25) is 10.1 Å². The Morgan fingerprint density at radius 1 is 1.31 bits per heavy atom. The highest BCUT2D eigenvalue weighted by molar-refractivity contribution is 7.98. The number of benzene rings is 1. The molecule has 0 unspecified atom stereocenters. The highest BCUT2D eigenvalue weighted by Crippen LogP contribution is 2.33. The van der Waals surface area contributed by atoms with Crippen LogP contribution < -0.4 is 16.4 Å². The summed E-state index contributed by atoms with van der Waals surface area (Å²) in [5, 5.41) is 6.05. The van der Waals surface area contributed by atoms with Crippen molar-refractivity contribution in [2.75, 3.05) is 39.6 Å². The Morgan fingerprint density at radius 3 is 2.72 bits per heavy atom. The number of carbonyl (C=O) groups is 3. The van der Waals surface area contributed by atoms with Crippen molar-refractivity contribution in [2.24, 2.45) is 5.73 Å². The normalized spacial score (nSPS) is 10.6. The summed E-state index contributed by atoms with van der Waals surface area (Å²) in [6.45, 7) is 1.15. The molecule has 0 saturated carbocycles. The van der Waals surface area contributed by atoms with Gasteiger partial charge in [-0.2, -0.15) is 4.37 Å². The van der Waals surface area contributed by atoms with Crippen molar-refractivity contribution in [2.45, 2.75) is 10.8 Å². The topological polar surface area (TPSA) is 127 Å². The molecule has 0 saturated heterocycles. The average Bonchev–Trinajstić information content (AvgIpc) is 3.08. The van der Waals surface area contributed by atoms with Crippen LogP contribution in [0.1, 0.15) is 26.3 Å². The highest BCUT2D eigenvalue weighted by Gasteiger charge is 2.21. The number of carbonyl (C=O) groups excluding carboxylic acids is 3. The third kappa shape index (κ3) is 6.73. The number of thioether (sulfide) groups is 1. The zero-order valence-corrected chi connectivity index (χ0v) is 18.0.